The number of hydrogen-bond acceptors (Lipinski definition) is 5. The second-order valence-electron chi connectivity index (χ2n) is 7.19. The Kier molecular flexibility index (Phi) is 6.14. The van der Waals surface area contributed by atoms with Crippen LogP contribution in [-0.2, 0) is 17.8 Å². The number of fused-ring (bicyclic) bond motifs is 2. The number of urea groups is 1. The number of ether oxygens (including phenoxy) is 1. The largest absolute Gasteiger partial charge is 0.497 e. The first-order valence-corrected chi connectivity index (χ1v) is 10.8. The summed E-state index contributed by atoms with van der Waals surface area (Å²) < 4.78 is 5.21. The van der Waals surface area contributed by atoms with E-state index in [2.05, 4.69) is 34.6 Å². The monoisotopic (exact) mass is 435 g/mol. The standard InChI is InChI=1S/C23H21N3O4S/c1-30-19-6-4-17-12-26(22(28)20(17)11-19)13-18(25-23(29)24-14-27)5-2-15-3-7-21-16(10-15)8-9-31-21/h3-4,6-7,10-11,14,18H,8-9,12-13H2,1H3,(H2,24,25,27,29)/t18-/m1/s1. The van der Waals surface area contributed by atoms with Gasteiger partial charge in [-0.15, -0.1) is 11.8 Å². The number of rotatable bonds is 5. The van der Waals surface area contributed by atoms with Gasteiger partial charge in [-0.3, -0.25) is 14.9 Å². The summed E-state index contributed by atoms with van der Waals surface area (Å²) in [5, 5.41) is 4.72. The van der Waals surface area contributed by atoms with Crippen LogP contribution in [0.1, 0.15) is 27.0 Å². The van der Waals surface area contributed by atoms with Crippen molar-refractivity contribution in [2.24, 2.45) is 0 Å². The minimum absolute atomic E-state index is 0.146. The van der Waals surface area contributed by atoms with E-state index in [1.807, 2.05) is 30.0 Å². The highest BCUT2D eigenvalue weighted by molar-refractivity contribution is 7.99. The first-order chi connectivity index (χ1) is 15.1. The quantitative estimate of drug-likeness (QED) is 0.555. The summed E-state index contributed by atoms with van der Waals surface area (Å²) in [6.45, 7) is 0.610. The zero-order valence-electron chi connectivity index (χ0n) is 16.9. The van der Waals surface area contributed by atoms with Crippen LogP contribution in [0.5, 0.6) is 5.75 Å². The summed E-state index contributed by atoms with van der Waals surface area (Å²) in [6, 6.07) is 10.2. The highest BCUT2D eigenvalue weighted by atomic mass is 32.2. The number of thioether (sulfide) groups is 1. The minimum atomic E-state index is -0.662. The van der Waals surface area contributed by atoms with Crippen LogP contribution in [0.15, 0.2) is 41.3 Å². The lowest BCUT2D eigenvalue weighted by molar-refractivity contribution is -0.108. The molecule has 2 aromatic rings. The predicted molar refractivity (Wildman–Crippen MR) is 117 cm³/mol. The number of benzene rings is 2. The molecule has 0 saturated heterocycles. The van der Waals surface area contributed by atoms with Gasteiger partial charge in [-0.25, -0.2) is 4.79 Å². The molecular weight excluding hydrogens is 414 g/mol. The van der Waals surface area contributed by atoms with Crippen LogP contribution in [0.3, 0.4) is 0 Å². The van der Waals surface area contributed by atoms with Gasteiger partial charge in [0.1, 0.15) is 11.8 Å². The van der Waals surface area contributed by atoms with Crippen LogP contribution in [0.4, 0.5) is 4.79 Å². The number of amides is 4. The SMILES string of the molecule is COc1ccc2c(c1)C(=O)N(C[C@@H](C#Cc1ccc3c(c1)CCS3)NC(=O)NC=O)C2. The van der Waals surface area contributed by atoms with Crippen molar-refractivity contribution in [3.8, 4) is 17.6 Å². The molecule has 0 radical (unpaired) electrons. The van der Waals surface area contributed by atoms with Gasteiger partial charge < -0.3 is 15.0 Å². The van der Waals surface area contributed by atoms with Gasteiger partial charge in [-0.2, -0.15) is 0 Å². The Morgan fingerprint density at radius 3 is 2.97 bits per heavy atom. The fourth-order valence-electron chi connectivity index (χ4n) is 3.65. The minimum Gasteiger partial charge on any atom is -0.497 e. The topological polar surface area (TPSA) is 87.7 Å². The maximum Gasteiger partial charge on any atom is 0.322 e. The highest BCUT2D eigenvalue weighted by Gasteiger charge is 2.29. The van der Waals surface area contributed by atoms with Crippen molar-refractivity contribution >= 4 is 30.1 Å². The van der Waals surface area contributed by atoms with E-state index in [0.29, 0.717) is 24.3 Å². The van der Waals surface area contributed by atoms with Gasteiger partial charge in [0.2, 0.25) is 6.41 Å². The fraction of sp³-hybridized carbons (Fsp3) is 0.261. The summed E-state index contributed by atoms with van der Waals surface area (Å²) in [5.74, 6) is 7.70. The van der Waals surface area contributed by atoms with Crippen molar-refractivity contribution in [1.82, 2.24) is 15.5 Å². The molecule has 31 heavy (non-hydrogen) atoms. The first-order valence-electron chi connectivity index (χ1n) is 9.81. The molecule has 2 aliphatic heterocycles. The summed E-state index contributed by atoms with van der Waals surface area (Å²) in [4.78, 5) is 38.3. The van der Waals surface area contributed by atoms with Crippen LogP contribution in [0.25, 0.3) is 0 Å². The second kappa shape index (κ2) is 9.14. The zero-order chi connectivity index (χ0) is 21.8. The lowest BCUT2D eigenvalue weighted by Crippen LogP contribution is -2.46. The smallest absolute Gasteiger partial charge is 0.322 e. The molecule has 2 aliphatic rings. The lowest BCUT2D eigenvalue weighted by atomic mass is 10.1. The molecular formula is C23H21N3O4S. The number of aryl methyl sites for hydroxylation is 1. The van der Waals surface area contributed by atoms with E-state index in [1.54, 1.807) is 18.1 Å². The third-order valence-electron chi connectivity index (χ3n) is 5.17. The van der Waals surface area contributed by atoms with E-state index in [1.165, 1.54) is 10.5 Å². The molecule has 7 nitrogen and oxygen atoms in total. The van der Waals surface area contributed by atoms with Crippen LogP contribution < -0.4 is 15.4 Å². The Bertz CT molecular complexity index is 1110. The molecule has 0 bridgehead atoms. The summed E-state index contributed by atoms with van der Waals surface area (Å²) >= 11 is 1.83. The Balaban J connectivity index is 1.53. The third-order valence-corrected chi connectivity index (χ3v) is 6.29. The Morgan fingerprint density at radius 1 is 1.29 bits per heavy atom. The maximum atomic E-state index is 12.8. The molecule has 158 valence electrons. The van der Waals surface area contributed by atoms with Crippen LogP contribution in [0, 0.1) is 11.8 Å². The average Bonchev–Trinajstić information content (AvgIpc) is 3.36. The van der Waals surface area contributed by atoms with Crippen LogP contribution in [-0.4, -0.2) is 48.7 Å². The Morgan fingerprint density at radius 2 is 2.16 bits per heavy atom. The van der Waals surface area contributed by atoms with Crippen molar-refractivity contribution in [2.75, 3.05) is 19.4 Å². The van der Waals surface area contributed by atoms with Gasteiger partial charge in [0.15, 0.2) is 0 Å². The van der Waals surface area contributed by atoms with E-state index < -0.39 is 12.1 Å². The number of hydrogen-bond donors (Lipinski definition) is 2. The Hall–Kier alpha value is -3.44. The molecule has 4 rings (SSSR count). The first kappa shape index (κ1) is 20.8. The number of methoxy groups -OCH3 is 1. The van der Waals surface area contributed by atoms with Crippen LogP contribution >= 0.6 is 11.8 Å². The molecule has 2 heterocycles. The van der Waals surface area contributed by atoms with E-state index in [-0.39, 0.29) is 12.5 Å². The number of imide groups is 1. The molecule has 0 spiro atoms. The second-order valence-corrected chi connectivity index (χ2v) is 8.32. The zero-order valence-corrected chi connectivity index (χ0v) is 17.8. The van der Waals surface area contributed by atoms with Crippen LogP contribution in [0.2, 0.25) is 0 Å². The van der Waals surface area contributed by atoms with Crippen molar-refractivity contribution in [2.45, 2.75) is 23.9 Å². The van der Waals surface area contributed by atoms with Crippen molar-refractivity contribution in [3.63, 3.8) is 0 Å². The van der Waals surface area contributed by atoms with Crippen molar-refractivity contribution in [3.05, 3.63) is 58.7 Å². The maximum absolute atomic E-state index is 12.8. The molecule has 0 unspecified atom stereocenters. The molecule has 2 N–H and O–H groups in total. The molecule has 8 heteroatoms. The predicted octanol–water partition coefficient (Wildman–Crippen LogP) is 2.18. The third kappa shape index (κ3) is 4.67. The fourth-order valence-corrected chi connectivity index (χ4v) is 4.70. The van der Waals surface area contributed by atoms with Gasteiger partial charge >= 0.3 is 6.03 Å². The summed E-state index contributed by atoms with van der Waals surface area (Å²) in [7, 11) is 1.55. The van der Waals surface area contributed by atoms with Crippen molar-refractivity contribution in [1.29, 1.82) is 0 Å². The number of nitrogens with one attached hydrogen (secondary N) is 2. The number of nitrogens with zero attached hydrogens (tertiary/aromatic N) is 1. The highest BCUT2D eigenvalue weighted by Crippen LogP contribution is 2.31. The normalized spacial score (nSPS) is 14.7. The van der Waals surface area contributed by atoms with Gasteiger partial charge in [-0.1, -0.05) is 17.9 Å². The molecule has 0 saturated carbocycles. The van der Waals surface area contributed by atoms with Crippen molar-refractivity contribution < 1.29 is 19.1 Å². The van der Waals surface area contributed by atoms with Gasteiger partial charge in [0, 0.05) is 28.3 Å². The van der Waals surface area contributed by atoms with E-state index in [9.17, 15) is 14.4 Å². The van der Waals surface area contributed by atoms with Gasteiger partial charge in [-0.05, 0) is 47.9 Å². The van der Waals surface area contributed by atoms with E-state index >= 15 is 0 Å². The lowest BCUT2D eigenvalue weighted by Gasteiger charge is -2.21. The summed E-state index contributed by atoms with van der Waals surface area (Å²) in [5.41, 5.74) is 3.61. The van der Waals surface area contributed by atoms with E-state index in [4.69, 9.17) is 4.74 Å². The summed E-state index contributed by atoms with van der Waals surface area (Å²) in [6.07, 6.45) is 1.32. The number of carbonyl (C=O) groups excluding carboxylic acids is 3. The molecule has 0 aliphatic carbocycles. The molecule has 0 aromatic heterocycles. The molecule has 0 fully saturated rings. The Labute approximate surface area is 184 Å². The van der Waals surface area contributed by atoms with Gasteiger partial charge in [0.25, 0.3) is 5.91 Å². The molecule has 4 amide bonds. The molecule has 1 atom stereocenters. The molecule has 2 aromatic carbocycles. The van der Waals surface area contributed by atoms with E-state index in [0.717, 1.165) is 23.3 Å². The average molecular weight is 436 g/mol. The van der Waals surface area contributed by atoms with Gasteiger partial charge in [0.05, 0.1) is 13.7 Å². The number of carbonyl (C=O) groups is 3.